The largest absolute Gasteiger partial charge is 0.496 e. The second-order valence-electron chi connectivity index (χ2n) is 6.47. The maximum atomic E-state index is 13.2. The van der Waals surface area contributed by atoms with Crippen molar-refractivity contribution in [1.29, 1.82) is 0 Å². The molecule has 1 N–H and O–H groups in total. The van der Waals surface area contributed by atoms with E-state index in [0.29, 0.717) is 16.9 Å². The number of pyridine rings is 1. The fourth-order valence-corrected chi connectivity index (χ4v) is 4.20. The third kappa shape index (κ3) is 3.47. The number of nitrogens with one attached hydrogen (secondary N) is 1. The summed E-state index contributed by atoms with van der Waals surface area (Å²) in [6.07, 6.45) is 0. The van der Waals surface area contributed by atoms with Crippen LogP contribution in [0.25, 0.3) is 11.1 Å². The van der Waals surface area contributed by atoms with Crippen LogP contribution in [0, 0.1) is 0 Å². The van der Waals surface area contributed by atoms with Crippen molar-refractivity contribution in [2.24, 2.45) is 0 Å². The van der Waals surface area contributed by atoms with E-state index in [1.807, 2.05) is 0 Å². The van der Waals surface area contributed by atoms with Crippen molar-refractivity contribution in [3.8, 4) is 17.2 Å². The van der Waals surface area contributed by atoms with Crippen LogP contribution in [0.3, 0.4) is 0 Å². The number of nitrogens with zero attached hydrogens (tertiary/aromatic N) is 3. The summed E-state index contributed by atoms with van der Waals surface area (Å²) < 4.78 is 63.3. The highest BCUT2D eigenvalue weighted by Crippen LogP contribution is 2.39. The first kappa shape index (κ1) is 20.1. The summed E-state index contributed by atoms with van der Waals surface area (Å²) in [5, 5.41) is 4.21. The summed E-state index contributed by atoms with van der Waals surface area (Å²) in [4.78, 5) is 5.92. The molecule has 1 atom stereocenters. The molecule has 12 heteroatoms. The highest BCUT2D eigenvalue weighted by molar-refractivity contribution is 7.86. The lowest BCUT2D eigenvalue weighted by Gasteiger charge is -2.39. The average molecular weight is 440 g/mol. The zero-order valence-electron chi connectivity index (χ0n) is 16.3. The normalized spacial score (nSPS) is 16.1. The maximum Gasteiger partial charge on any atom is 0.282 e. The highest BCUT2D eigenvalue weighted by Gasteiger charge is 2.45. The van der Waals surface area contributed by atoms with Crippen LogP contribution in [0.1, 0.15) is 0 Å². The van der Waals surface area contributed by atoms with Crippen molar-refractivity contribution in [3.05, 3.63) is 24.3 Å². The summed E-state index contributed by atoms with van der Waals surface area (Å²) in [5.74, 6) is -1.35. The second kappa shape index (κ2) is 7.59. The Morgan fingerprint density at radius 2 is 1.77 bits per heavy atom. The number of methoxy groups -OCH3 is 3. The van der Waals surface area contributed by atoms with Crippen LogP contribution >= 0.6 is 0 Å². The van der Waals surface area contributed by atoms with Gasteiger partial charge < -0.3 is 23.6 Å². The van der Waals surface area contributed by atoms with E-state index in [2.05, 4.69) is 14.9 Å². The van der Waals surface area contributed by atoms with E-state index < -0.39 is 30.0 Å². The Morgan fingerprint density at radius 3 is 2.33 bits per heavy atom. The molecule has 0 saturated carbocycles. The molecule has 1 saturated heterocycles. The number of hydrogen-bond donors (Lipinski definition) is 1. The molecular weight excluding hydrogens is 422 g/mol. The third-order valence-corrected chi connectivity index (χ3v) is 5.69. The first-order chi connectivity index (χ1) is 14.4. The van der Waals surface area contributed by atoms with Gasteiger partial charge in [0.25, 0.3) is 11.6 Å². The van der Waals surface area contributed by atoms with Gasteiger partial charge in [-0.2, -0.15) is 4.98 Å². The molecule has 1 aliphatic rings. The van der Waals surface area contributed by atoms with Crippen LogP contribution in [-0.4, -0.2) is 54.7 Å². The number of ether oxygens (including phenoxy) is 3. The van der Waals surface area contributed by atoms with Crippen LogP contribution in [-0.2, 0) is 11.0 Å². The van der Waals surface area contributed by atoms with Gasteiger partial charge >= 0.3 is 0 Å². The molecule has 9 nitrogen and oxygen atoms in total. The molecule has 4 rings (SSSR count). The molecule has 0 spiro atoms. The minimum absolute atomic E-state index is 0.0612. The van der Waals surface area contributed by atoms with Crippen molar-refractivity contribution in [2.75, 3.05) is 44.0 Å². The molecule has 160 valence electrons. The second-order valence-corrected chi connectivity index (χ2v) is 7.62. The predicted molar refractivity (Wildman–Crippen MR) is 105 cm³/mol. The maximum absolute atomic E-state index is 13.2. The molecule has 30 heavy (non-hydrogen) atoms. The van der Waals surface area contributed by atoms with Crippen molar-refractivity contribution in [3.63, 3.8) is 0 Å². The fraction of sp³-hybridized carbons (Fsp3) is 0.333. The van der Waals surface area contributed by atoms with Crippen LogP contribution in [0.5, 0.6) is 17.2 Å². The number of aromatic nitrogens is 2. The molecule has 0 amide bonds. The van der Waals surface area contributed by atoms with Gasteiger partial charge in [-0.3, -0.25) is 4.72 Å². The minimum atomic E-state index is -2.75. The van der Waals surface area contributed by atoms with E-state index in [9.17, 15) is 13.0 Å². The van der Waals surface area contributed by atoms with E-state index in [-0.39, 0.29) is 28.0 Å². The topological polar surface area (TPSA) is 99.0 Å². The smallest absolute Gasteiger partial charge is 0.282 e. The molecule has 3 heterocycles. The Kier molecular flexibility index (Phi) is 5.10. The Hall–Kier alpha value is -3.15. The van der Waals surface area contributed by atoms with Gasteiger partial charge in [-0.25, -0.2) is 13.0 Å². The lowest BCUT2D eigenvalue weighted by atomic mass is 10.1. The van der Waals surface area contributed by atoms with E-state index in [4.69, 9.17) is 18.7 Å². The molecule has 1 unspecified atom stereocenters. The summed E-state index contributed by atoms with van der Waals surface area (Å²) >= 11 is 0. The number of hydrogen-bond acceptors (Lipinski definition) is 8. The van der Waals surface area contributed by atoms with Gasteiger partial charge in [-0.1, -0.05) is 11.2 Å². The van der Waals surface area contributed by atoms with Gasteiger partial charge in [0.2, 0.25) is 0 Å². The summed E-state index contributed by atoms with van der Waals surface area (Å²) in [7, 11) is 2.49. The van der Waals surface area contributed by atoms with Gasteiger partial charge in [0.15, 0.2) is 16.8 Å². The van der Waals surface area contributed by atoms with Gasteiger partial charge in [-0.15, -0.1) is 0 Å². The summed E-state index contributed by atoms with van der Waals surface area (Å²) in [5.41, 5.74) is 0.0612. The van der Waals surface area contributed by atoms with Gasteiger partial charge in [0.1, 0.15) is 33.3 Å². The number of rotatable bonds is 7. The van der Waals surface area contributed by atoms with Crippen molar-refractivity contribution < 1.29 is 31.7 Å². The molecule has 0 radical (unpaired) electrons. The fourth-order valence-electron chi connectivity index (χ4n) is 3.11. The van der Waals surface area contributed by atoms with Crippen LogP contribution in [0.2, 0.25) is 0 Å². The first-order valence-electron chi connectivity index (χ1n) is 8.73. The Bertz CT molecular complexity index is 1090. The molecular formula is C18H18F2N4O5S. The van der Waals surface area contributed by atoms with Crippen LogP contribution in [0.15, 0.2) is 33.7 Å². The lowest BCUT2D eigenvalue weighted by molar-refractivity contribution is -0.0267. The summed E-state index contributed by atoms with van der Waals surface area (Å²) in [6, 6.07) is 6.51. The van der Waals surface area contributed by atoms with Crippen LogP contribution < -0.4 is 23.8 Å². The Labute approximate surface area is 172 Å². The van der Waals surface area contributed by atoms with E-state index >= 15 is 0 Å². The predicted octanol–water partition coefficient (Wildman–Crippen LogP) is 2.84. The number of halogens is 2. The minimum Gasteiger partial charge on any atom is -0.496 e. The van der Waals surface area contributed by atoms with Gasteiger partial charge in [0.05, 0.1) is 34.4 Å². The first-order valence-corrected chi connectivity index (χ1v) is 9.88. The average Bonchev–Trinajstić information content (AvgIpc) is 3.13. The third-order valence-electron chi connectivity index (χ3n) is 4.54. The van der Waals surface area contributed by atoms with Gasteiger partial charge in [-0.05, 0) is 12.1 Å². The van der Waals surface area contributed by atoms with Crippen molar-refractivity contribution in [1.82, 2.24) is 10.1 Å². The van der Waals surface area contributed by atoms with E-state index in [1.54, 1.807) is 18.2 Å². The lowest BCUT2D eigenvalue weighted by Crippen LogP contribution is -2.56. The van der Waals surface area contributed by atoms with E-state index in [0.717, 1.165) is 0 Å². The number of anilines is 2. The molecule has 2 aromatic heterocycles. The SMILES string of the molecule is COc1cccc(OC)c1S(=O)Nc1noc2nc(N3CC(F)(F)C3)cc(OC)c12. The van der Waals surface area contributed by atoms with Gasteiger partial charge in [0, 0.05) is 6.07 Å². The molecule has 1 aromatic carbocycles. The van der Waals surface area contributed by atoms with Crippen LogP contribution in [0.4, 0.5) is 20.4 Å². The molecule has 0 bridgehead atoms. The molecule has 1 fully saturated rings. The number of benzene rings is 1. The monoisotopic (exact) mass is 440 g/mol. The van der Waals surface area contributed by atoms with Crippen molar-refractivity contribution in [2.45, 2.75) is 10.8 Å². The summed E-state index contributed by atoms with van der Waals surface area (Å²) in [6.45, 7) is -0.878. The van der Waals surface area contributed by atoms with Crippen molar-refractivity contribution >= 4 is 33.7 Å². The molecule has 3 aromatic rings. The highest BCUT2D eigenvalue weighted by atomic mass is 32.2. The molecule has 0 aliphatic carbocycles. The van der Waals surface area contributed by atoms with E-state index in [1.165, 1.54) is 32.3 Å². The quantitative estimate of drug-likeness (QED) is 0.599. The molecule has 1 aliphatic heterocycles. The zero-order chi connectivity index (χ0) is 21.5. The number of alkyl halides is 2. The standard InChI is InChI=1S/C18H18F2N4O5S/c1-26-10-5-4-6-11(27-2)15(10)30(25)23-16-14-12(28-3)7-13(21-17(14)29-22-16)24-8-18(19,20)9-24/h4-7H,8-9H2,1-3H3,(H,22,23). The Balaban J connectivity index is 1.68. The number of fused-ring (bicyclic) bond motifs is 1. The Morgan fingerprint density at radius 1 is 1.13 bits per heavy atom. The zero-order valence-corrected chi connectivity index (χ0v) is 17.1.